The molecule has 32 heavy (non-hydrogen) atoms. The molecule has 174 valence electrons. The Morgan fingerprint density at radius 1 is 1.06 bits per heavy atom. The van der Waals surface area contributed by atoms with Crippen LogP contribution in [0.25, 0.3) is 0 Å². The molecule has 1 aromatic rings. The number of fused-ring (bicyclic) bond motifs is 1. The van der Waals surface area contributed by atoms with Crippen LogP contribution < -0.4 is 4.74 Å². The van der Waals surface area contributed by atoms with Crippen LogP contribution in [0.5, 0.6) is 5.75 Å². The number of carbonyl (C=O) groups is 3. The third kappa shape index (κ3) is 5.79. The monoisotopic (exact) mass is 445 g/mol. The third-order valence-electron chi connectivity index (χ3n) is 5.43. The number of carbonyl (C=O) groups excluding carboxylic acids is 3. The van der Waals surface area contributed by atoms with E-state index in [0.717, 1.165) is 42.2 Å². The Hall–Kier alpha value is -3.07. The van der Waals surface area contributed by atoms with Gasteiger partial charge in [0.05, 0.1) is 6.54 Å². The first-order chi connectivity index (χ1) is 15.2. The molecular weight excluding hydrogens is 414 g/mol. The van der Waals surface area contributed by atoms with E-state index in [4.69, 9.17) is 14.3 Å². The molecule has 1 aliphatic heterocycles. The van der Waals surface area contributed by atoms with E-state index >= 15 is 0 Å². The minimum absolute atomic E-state index is 0.0184. The second kappa shape index (κ2) is 10.0. The lowest BCUT2D eigenvalue weighted by Gasteiger charge is -2.40. The second-order valence-electron chi connectivity index (χ2n) is 8.55. The maximum atomic E-state index is 13.4. The molecule has 0 bridgehead atoms. The molecule has 0 unspecified atom stereocenters. The number of esters is 1. The third-order valence-corrected chi connectivity index (χ3v) is 5.43. The first kappa shape index (κ1) is 23.6. The van der Waals surface area contributed by atoms with Crippen LogP contribution in [-0.2, 0) is 32.0 Å². The van der Waals surface area contributed by atoms with Gasteiger partial charge in [-0.05, 0) is 64.4 Å². The molecule has 0 saturated heterocycles. The van der Waals surface area contributed by atoms with E-state index in [9.17, 15) is 14.4 Å². The van der Waals surface area contributed by atoms with Crippen LogP contribution in [0.1, 0.15) is 31.4 Å². The molecular formula is C23H31N3O6. The number of hydrogen-bond acceptors (Lipinski definition) is 7. The minimum atomic E-state index is -1.25. The first-order valence-corrected chi connectivity index (χ1v) is 10.8. The molecule has 2 aliphatic rings. The van der Waals surface area contributed by atoms with Crippen LogP contribution in [0.4, 0.5) is 4.79 Å². The Labute approximate surface area is 188 Å². The number of benzene rings is 1. The normalized spacial score (nSPS) is 19.5. The predicted molar refractivity (Wildman–Crippen MR) is 117 cm³/mol. The predicted octanol–water partition coefficient (Wildman–Crippen LogP) is 2.15. The molecule has 0 saturated carbocycles. The zero-order valence-electron chi connectivity index (χ0n) is 19.1. The lowest BCUT2D eigenvalue weighted by atomic mass is 10.1. The average molecular weight is 446 g/mol. The summed E-state index contributed by atoms with van der Waals surface area (Å²) in [4.78, 5) is 46.1. The molecule has 0 fully saturated rings. The number of amides is 2. The minimum Gasteiger partial charge on any atom is -0.491 e. The summed E-state index contributed by atoms with van der Waals surface area (Å²) in [5.74, 6) is -0.786. The summed E-state index contributed by atoms with van der Waals surface area (Å²) in [6.07, 6.45) is 5.03. The van der Waals surface area contributed by atoms with Gasteiger partial charge < -0.3 is 19.2 Å². The van der Waals surface area contributed by atoms with Crippen LogP contribution in [0.2, 0.25) is 0 Å². The lowest BCUT2D eigenvalue weighted by molar-refractivity contribution is -0.187. The summed E-state index contributed by atoms with van der Waals surface area (Å²) < 4.78 is 11.4. The quantitative estimate of drug-likeness (QED) is 0.594. The summed E-state index contributed by atoms with van der Waals surface area (Å²) in [6, 6.07) is 5.38. The molecule has 1 heterocycles. The summed E-state index contributed by atoms with van der Waals surface area (Å²) >= 11 is 0. The van der Waals surface area contributed by atoms with Crippen molar-refractivity contribution in [3.05, 3.63) is 41.5 Å². The largest absolute Gasteiger partial charge is 0.491 e. The number of hydrogen-bond donors (Lipinski definition) is 0. The number of hydroxylamine groups is 2. The Morgan fingerprint density at radius 3 is 2.56 bits per heavy atom. The molecule has 0 aromatic heterocycles. The summed E-state index contributed by atoms with van der Waals surface area (Å²) in [7, 11) is 3.74. The summed E-state index contributed by atoms with van der Waals surface area (Å²) in [5, 5.41) is 0.965. The number of aryl methyl sites for hydroxylation is 1. The molecule has 2 amide bonds. The van der Waals surface area contributed by atoms with Crippen LogP contribution in [0.15, 0.2) is 30.4 Å². The summed E-state index contributed by atoms with van der Waals surface area (Å²) in [5.41, 5.74) is 1.23. The van der Waals surface area contributed by atoms with E-state index in [1.807, 2.05) is 31.1 Å². The van der Waals surface area contributed by atoms with Crippen molar-refractivity contribution in [1.82, 2.24) is 14.9 Å². The molecule has 3 rings (SSSR count). The zero-order valence-corrected chi connectivity index (χ0v) is 19.1. The highest BCUT2D eigenvalue weighted by atomic mass is 16.7. The van der Waals surface area contributed by atoms with Crippen LogP contribution in [0, 0.1) is 0 Å². The molecule has 9 heteroatoms. The van der Waals surface area contributed by atoms with E-state index in [1.54, 1.807) is 13.8 Å². The Bertz CT molecular complexity index is 896. The van der Waals surface area contributed by atoms with Crippen molar-refractivity contribution in [1.29, 1.82) is 0 Å². The molecule has 1 aromatic carbocycles. The summed E-state index contributed by atoms with van der Waals surface area (Å²) in [6.45, 7) is 4.19. The molecule has 0 radical (unpaired) electrons. The highest BCUT2D eigenvalue weighted by Gasteiger charge is 2.38. The van der Waals surface area contributed by atoms with Gasteiger partial charge in [0.25, 0.3) is 0 Å². The van der Waals surface area contributed by atoms with Gasteiger partial charge in [0, 0.05) is 25.2 Å². The van der Waals surface area contributed by atoms with Crippen molar-refractivity contribution in [3.63, 3.8) is 0 Å². The highest BCUT2D eigenvalue weighted by Crippen LogP contribution is 2.30. The first-order valence-electron chi connectivity index (χ1n) is 10.8. The van der Waals surface area contributed by atoms with Gasteiger partial charge in [0.2, 0.25) is 0 Å². The Kier molecular flexibility index (Phi) is 7.40. The van der Waals surface area contributed by atoms with Gasteiger partial charge in [-0.3, -0.25) is 4.90 Å². The standard InChI is InChI=1S/C23H31N3O6/c1-23(2)25(14-13-24(3)4)22(29)26(32-21(28)12-11-20(27)31-23)15-16-30-19-10-6-8-17-7-5-9-18(17)19/h6,8,10-12H,5,7,9,13-16H2,1-4H3/b12-11-. The number of urea groups is 1. The van der Waals surface area contributed by atoms with E-state index in [-0.39, 0.29) is 19.7 Å². The fourth-order valence-electron chi connectivity index (χ4n) is 3.78. The van der Waals surface area contributed by atoms with Gasteiger partial charge in [-0.25, -0.2) is 14.4 Å². The molecule has 0 spiro atoms. The van der Waals surface area contributed by atoms with Crippen molar-refractivity contribution >= 4 is 18.0 Å². The van der Waals surface area contributed by atoms with Crippen LogP contribution in [-0.4, -0.2) is 78.9 Å². The van der Waals surface area contributed by atoms with E-state index in [1.165, 1.54) is 16.0 Å². The van der Waals surface area contributed by atoms with E-state index < -0.39 is 23.7 Å². The van der Waals surface area contributed by atoms with Gasteiger partial charge in [-0.15, -0.1) is 5.06 Å². The zero-order chi connectivity index (χ0) is 23.3. The van der Waals surface area contributed by atoms with E-state index in [0.29, 0.717) is 6.54 Å². The van der Waals surface area contributed by atoms with Crippen molar-refractivity contribution in [2.75, 3.05) is 40.3 Å². The molecule has 0 atom stereocenters. The van der Waals surface area contributed by atoms with Gasteiger partial charge in [-0.1, -0.05) is 12.1 Å². The van der Waals surface area contributed by atoms with Gasteiger partial charge in [-0.2, -0.15) is 0 Å². The van der Waals surface area contributed by atoms with Crippen molar-refractivity contribution in [2.24, 2.45) is 0 Å². The molecule has 0 N–H and O–H groups in total. The second-order valence-corrected chi connectivity index (χ2v) is 8.55. The Morgan fingerprint density at radius 2 is 1.81 bits per heavy atom. The average Bonchev–Trinajstić information content (AvgIpc) is 3.20. The van der Waals surface area contributed by atoms with Crippen molar-refractivity contribution in [3.8, 4) is 5.75 Å². The number of likely N-dealkylation sites (N-methyl/N-ethyl adjacent to an activating group) is 1. The topological polar surface area (TPSA) is 88.6 Å². The highest BCUT2D eigenvalue weighted by molar-refractivity contribution is 5.92. The van der Waals surface area contributed by atoms with Gasteiger partial charge in [0.1, 0.15) is 12.4 Å². The maximum absolute atomic E-state index is 13.4. The number of ether oxygens (including phenoxy) is 2. The van der Waals surface area contributed by atoms with E-state index in [2.05, 4.69) is 6.07 Å². The van der Waals surface area contributed by atoms with Crippen LogP contribution >= 0.6 is 0 Å². The smallest absolute Gasteiger partial charge is 0.356 e. The lowest BCUT2D eigenvalue weighted by Crippen LogP contribution is -2.57. The van der Waals surface area contributed by atoms with Crippen molar-refractivity contribution in [2.45, 2.75) is 38.8 Å². The van der Waals surface area contributed by atoms with Crippen molar-refractivity contribution < 1.29 is 28.7 Å². The molecule has 1 aliphatic carbocycles. The Balaban J connectivity index is 1.77. The van der Waals surface area contributed by atoms with Gasteiger partial charge in [0.15, 0.2) is 5.72 Å². The number of nitrogens with zero attached hydrogens (tertiary/aromatic N) is 3. The number of cyclic esters (lactones) is 1. The molecule has 9 nitrogen and oxygen atoms in total. The number of rotatable bonds is 7. The SMILES string of the molecule is CN(C)CCN1C(=O)N(CCOc2cccc3c2CCC3)OC(=O)/C=C\C(=O)OC1(C)C. The maximum Gasteiger partial charge on any atom is 0.356 e. The fourth-order valence-corrected chi connectivity index (χ4v) is 3.78. The van der Waals surface area contributed by atoms with Crippen LogP contribution in [0.3, 0.4) is 0 Å². The van der Waals surface area contributed by atoms with Gasteiger partial charge >= 0.3 is 18.0 Å². The fraction of sp³-hybridized carbons (Fsp3) is 0.522.